The Labute approximate surface area is 136 Å². The van der Waals surface area contributed by atoms with Crippen LogP contribution in [0.5, 0.6) is 0 Å². The molecule has 0 radical (unpaired) electrons. The van der Waals surface area contributed by atoms with E-state index in [-0.39, 0.29) is 5.97 Å². The summed E-state index contributed by atoms with van der Waals surface area (Å²) in [6.07, 6.45) is 0. The Kier molecular flexibility index (Phi) is 4.19. The first-order chi connectivity index (χ1) is 11.2. The second kappa shape index (κ2) is 6.28. The van der Waals surface area contributed by atoms with Gasteiger partial charge in [0.15, 0.2) is 0 Å². The van der Waals surface area contributed by atoms with Crippen LogP contribution in [-0.4, -0.2) is 34.8 Å². The van der Waals surface area contributed by atoms with Crippen LogP contribution < -0.4 is 0 Å². The number of hydrazone groups is 1. The number of carbonyl (C=O) groups is 1. The first-order valence-corrected chi connectivity index (χ1v) is 7.93. The van der Waals surface area contributed by atoms with Crippen LogP contribution in [-0.2, 0) is 11.3 Å². The van der Waals surface area contributed by atoms with Gasteiger partial charge in [-0.2, -0.15) is 5.10 Å². The number of nitrogens with zero attached hydrogens (tertiary/aromatic N) is 2. The molecule has 1 aliphatic rings. The van der Waals surface area contributed by atoms with E-state index in [1.165, 1.54) is 0 Å². The van der Waals surface area contributed by atoms with E-state index < -0.39 is 0 Å². The number of rotatable bonds is 4. The zero-order chi connectivity index (χ0) is 16.4. The molecular formula is C18H21N3O2. The molecule has 5 nitrogen and oxygen atoms in total. The van der Waals surface area contributed by atoms with Gasteiger partial charge in [0, 0.05) is 23.4 Å². The van der Waals surface area contributed by atoms with Crippen molar-refractivity contribution in [2.75, 3.05) is 13.2 Å². The Morgan fingerprint density at radius 2 is 2.04 bits per heavy atom. The minimum atomic E-state index is -0.310. The van der Waals surface area contributed by atoms with Gasteiger partial charge in [-0.1, -0.05) is 30.3 Å². The van der Waals surface area contributed by atoms with Gasteiger partial charge in [0.2, 0.25) is 0 Å². The number of carbonyl (C=O) groups excluding carboxylic acids is 1. The van der Waals surface area contributed by atoms with E-state index in [9.17, 15) is 4.79 Å². The maximum atomic E-state index is 12.2. The number of aromatic nitrogens is 1. The molecule has 1 aromatic heterocycles. The molecule has 0 aliphatic carbocycles. The van der Waals surface area contributed by atoms with Gasteiger partial charge in [-0.05, 0) is 26.3 Å². The SMILES string of the molecule is CCOC(=O)c1[nH]c2c(c1C)C(c1ccccc1)=NN(CC)C2. The second-order valence-corrected chi connectivity index (χ2v) is 5.49. The number of aromatic amines is 1. The number of hydrogen-bond donors (Lipinski definition) is 1. The second-order valence-electron chi connectivity index (χ2n) is 5.49. The van der Waals surface area contributed by atoms with Crippen molar-refractivity contribution in [1.82, 2.24) is 9.99 Å². The van der Waals surface area contributed by atoms with E-state index in [1.54, 1.807) is 0 Å². The van der Waals surface area contributed by atoms with E-state index in [0.717, 1.165) is 34.6 Å². The number of fused-ring (bicyclic) bond motifs is 1. The molecule has 1 aromatic carbocycles. The van der Waals surface area contributed by atoms with Crippen molar-refractivity contribution < 1.29 is 9.53 Å². The lowest BCUT2D eigenvalue weighted by atomic mass is 9.97. The smallest absolute Gasteiger partial charge is 0.355 e. The van der Waals surface area contributed by atoms with Crippen LogP contribution >= 0.6 is 0 Å². The molecule has 0 amide bonds. The molecule has 1 N–H and O–H groups in total. The van der Waals surface area contributed by atoms with Crippen molar-refractivity contribution >= 4 is 11.7 Å². The molecule has 5 heteroatoms. The number of nitrogens with one attached hydrogen (secondary N) is 1. The Bertz CT molecular complexity index is 747. The van der Waals surface area contributed by atoms with Crippen LogP contribution in [0.3, 0.4) is 0 Å². The van der Waals surface area contributed by atoms with E-state index in [4.69, 9.17) is 9.84 Å². The summed E-state index contributed by atoms with van der Waals surface area (Å²) in [5.41, 5.74) is 5.41. The first-order valence-electron chi connectivity index (χ1n) is 7.93. The summed E-state index contributed by atoms with van der Waals surface area (Å²) in [5.74, 6) is -0.310. The monoisotopic (exact) mass is 311 g/mol. The quantitative estimate of drug-likeness (QED) is 0.883. The summed E-state index contributed by atoms with van der Waals surface area (Å²) >= 11 is 0. The number of hydrogen-bond acceptors (Lipinski definition) is 4. The fraction of sp³-hybridized carbons (Fsp3) is 0.333. The van der Waals surface area contributed by atoms with Gasteiger partial charge in [0.1, 0.15) is 5.69 Å². The average molecular weight is 311 g/mol. The summed E-state index contributed by atoms with van der Waals surface area (Å²) in [6, 6.07) is 10.1. The molecule has 120 valence electrons. The normalized spacial score (nSPS) is 13.5. The highest BCUT2D eigenvalue weighted by atomic mass is 16.5. The standard InChI is InChI=1S/C18H21N3O2/c1-4-21-11-14-15(12(3)16(19-14)18(22)23-5-2)17(20-21)13-9-7-6-8-10-13/h6-10,19H,4-5,11H2,1-3H3. The molecule has 0 unspecified atom stereocenters. The van der Waals surface area contributed by atoms with Crippen LogP contribution in [0.25, 0.3) is 0 Å². The fourth-order valence-corrected chi connectivity index (χ4v) is 2.89. The van der Waals surface area contributed by atoms with Gasteiger partial charge in [-0.3, -0.25) is 5.01 Å². The average Bonchev–Trinajstić information content (AvgIpc) is 2.92. The first kappa shape index (κ1) is 15.3. The minimum Gasteiger partial charge on any atom is -0.461 e. The van der Waals surface area contributed by atoms with Crippen LogP contribution in [0.2, 0.25) is 0 Å². The van der Waals surface area contributed by atoms with E-state index in [2.05, 4.69) is 11.9 Å². The van der Waals surface area contributed by atoms with E-state index in [0.29, 0.717) is 18.8 Å². The maximum Gasteiger partial charge on any atom is 0.355 e. The minimum absolute atomic E-state index is 0.310. The predicted molar refractivity (Wildman–Crippen MR) is 89.7 cm³/mol. The van der Waals surface area contributed by atoms with Gasteiger partial charge >= 0.3 is 5.97 Å². The summed E-state index contributed by atoms with van der Waals surface area (Å²) in [5, 5.41) is 6.76. The molecule has 2 heterocycles. The zero-order valence-corrected chi connectivity index (χ0v) is 13.7. The number of ether oxygens (including phenoxy) is 1. The van der Waals surface area contributed by atoms with E-state index in [1.807, 2.05) is 49.2 Å². The third-order valence-electron chi connectivity index (χ3n) is 4.04. The number of H-pyrrole nitrogens is 1. The van der Waals surface area contributed by atoms with Crippen molar-refractivity contribution in [3.05, 3.63) is 58.4 Å². The van der Waals surface area contributed by atoms with Crippen LogP contribution in [0.1, 0.15) is 46.7 Å². The molecule has 1 aliphatic heterocycles. The Morgan fingerprint density at radius 3 is 2.70 bits per heavy atom. The topological polar surface area (TPSA) is 57.7 Å². The highest BCUT2D eigenvalue weighted by Crippen LogP contribution is 2.28. The summed E-state index contributed by atoms with van der Waals surface area (Å²) in [7, 11) is 0. The van der Waals surface area contributed by atoms with Crippen LogP contribution in [0, 0.1) is 6.92 Å². The van der Waals surface area contributed by atoms with Crippen molar-refractivity contribution in [2.45, 2.75) is 27.3 Å². The van der Waals surface area contributed by atoms with Gasteiger partial charge in [0.25, 0.3) is 0 Å². The number of esters is 1. The Hall–Kier alpha value is -2.56. The molecule has 0 saturated heterocycles. The maximum absolute atomic E-state index is 12.2. The lowest BCUT2D eigenvalue weighted by Gasteiger charge is -2.24. The molecule has 0 saturated carbocycles. The summed E-state index contributed by atoms with van der Waals surface area (Å²) < 4.78 is 5.16. The van der Waals surface area contributed by atoms with Crippen molar-refractivity contribution in [1.29, 1.82) is 0 Å². The van der Waals surface area contributed by atoms with Gasteiger partial charge < -0.3 is 9.72 Å². The van der Waals surface area contributed by atoms with E-state index >= 15 is 0 Å². The Morgan fingerprint density at radius 1 is 1.30 bits per heavy atom. The lowest BCUT2D eigenvalue weighted by Crippen LogP contribution is -2.26. The molecular weight excluding hydrogens is 290 g/mol. The Balaban J connectivity index is 2.12. The van der Waals surface area contributed by atoms with Gasteiger partial charge in [-0.25, -0.2) is 4.79 Å². The molecule has 2 aromatic rings. The molecule has 23 heavy (non-hydrogen) atoms. The lowest BCUT2D eigenvalue weighted by molar-refractivity contribution is 0.0519. The van der Waals surface area contributed by atoms with Gasteiger partial charge in [-0.15, -0.1) is 0 Å². The predicted octanol–water partition coefficient (Wildman–Crippen LogP) is 3.09. The van der Waals surface area contributed by atoms with Crippen molar-refractivity contribution in [2.24, 2.45) is 5.10 Å². The molecule has 3 rings (SSSR count). The van der Waals surface area contributed by atoms with Gasteiger partial charge in [0.05, 0.1) is 18.9 Å². The largest absolute Gasteiger partial charge is 0.461 e. The van der Waals surface area contributed by atoms with Crippen molar-refractivity contribution in [3.8, 4) is 0 Å². The van der Waals surface area contributed by atoms with Crippen LogP contribution in [0.4, 0.5) is 0 Å². The third kappa shape index (κ3) is 2.74. The molecule has 0 fully saturated rings. The molecule has 0 atom stereocenters. The third-order valence-corrected chi connectivity index (χ3v) is 4.04. The summed E-state index contributed by atoms with van der Waals surface area (Å²) in [6.45, 7) is 7.67. The fourth-order valence-electron chi connectivity index (χ4n) is 2.89. The zero-order valence-electron chi connectivity index (χ0n) is 13.7. The molecule has 0 bridgehead atoms. The highest BCUT2D eigenvalue weighted by Gasteiger charge is 2.28. The van der Waals surface area contributed by atoms with Crippen LogP contribution in [0.15, 0.2) is 35.4 Å². The highest BCUT2D eigenvalue weighted by molar-refractivity contribution is 6.16. The summed E-state index contributed by atoms with van der Waals surface area (Å²) in [4.78, 5) is 15.4. The molecule has 0 spiro atoms. The van der Waals surface area contributed by atoms with Crippen molar-refractivity contribution in [3.63, 3.8) is 0 Å². The number of benzene rings is 1.